The molecule has 1 aliphatic carbocycles. The Bertz CT molecular complexity index is 131. The maximum Gasteiger partial charge on any atom is 0.0364 e. The summed E-state index contributed by atoms with van der Waals surface area (Å²) in [6, 6.07) is 0. The van der Waals surface area contributed by atoms with E-state index in [0.29, 0.717) is 0 Å². The van der Waals surface area contributed by atoms with Crippen LogP contribution < -0.4 is 5.43 Å². The Morgan fingerprint density at radius 1 is 1.44 bits per heavy atom. The standard InChI is InChI=1S/C7H12N2/c1-2-6-4-8-9-5-7(6)3-1/h4,6-7,9H,1-3,5H2. The van der Waals surface area contributed by atoms with Gasteiger partial charge in [-0.1, -0.05) is 6.42 Å². The van der Waals surface area contributed by atoms with Crippen molar-refractivity contribution in [2.75, 3.05) is 6.54 Å². The summed E-state index contributed by atoms with van der Waals surface area (Å²) in [6.45, 7) is 1.11. The Labute approximate surface area is 55.3 Å². The van der Waals surface area contributed by atoms with Crippen LogP contribution in [-0.2, 0) is 0 Å². The van der Waals surface area contributed by atoms with Crippen molar-refractivity contribution in [3.8, 4) is 0 Å². The molecule has 0 spiro atoms. The van der Waals surface area contributed by atoms with E-state index in [-0.39, 0.29) is 0 Å². The summed E-state index contributed by atoms with van der Waals surface area (Å²) in [7, 11) is 0. The molecular formula is C7H12N2. The topological polar surface area (TPSA) is 24.4 Å². The van der Waals surface area contributed by atoms with Crippen LogP contribution in [0.1, 0.15) is 19.3 Å². The molecular weight excluding hydrogens is 112 g/mol. The van der Waals surface area contributed by atoms with Gasteiger partial charge < -0.3 is 5.43 Å². The number of nitrogens with zero attached hydrogens (tertiary/aromatic N) is 1. The molecule has 0 bridgehead atoms. The Kier molecular flexibility index (Phi) is 1.18. The van der Waals surface area contributed by atoms with Gasteiger partial charge in [-0.25, -0.2) is 0 Å². The summed E-state index contributed by atoms with van der Waals surface area (Å²) >= 11 is 0. The maximum atomic E-state index is 4.04. The van der Waals surface area contributed by atoms with Crippen LogP contribution in [0.3, 0.4) is 0 Å². The zero-order valence-electron chi connectivity index (χ0n) is 5.51. The Morgan fingerprint density at radius 2 is 2.44 bits per heavy atom. The summed E-state index contributed by atoms with van der Waals surface area (Å²) in [5, 5.41) is 4.04. The number of hydrogen-bond donors (Lipinski definition) is 1. The van der Waals surface area contributed by atoms with Gasteiger partial charge >= 0.3 is 0 Å². The fourth-order valence-corrected chi connectivity index (χ4v) is 1.83. The third-order valence-electron chi connectivity index (χ3n) is 2.43. The van der Waals surface area contributed by atoms with Crippen molar-refractivity contribution in [3.05, 3.63) is 0 Å². The van der Waals surface area contributed by atoms with Gasteiger partial charge in [0.05, 0.1) is 0 Å². The summed E-state index contributed by atoms with van der Waals surface area (Å²) < 4.78 is 0. The van der Waals surface area contributed by atoms with Gasteiger partial charge in [0.15, 0.2) is 0 Å². The number of hydrogen-bond acceptors (Lipinski definition) is 2. The number of rotatable bonds is 0. The van der Waals surface area contributed by atoms with Crippen LogP contribution in [0.5, 0.6) is 0 Å². The quantitative estimate of drug-likeness (QED) is 0.511. The van der Waals surface area contributed by atoms with E-state index in [9.17, 15) is 0 Å². The summed E-state index contributed by atoms with van der Waals surface area (Å²) in [5.41, 5.74) is 3.03. The highest BCUT2D eigenvalue weighted by Crippen LogP contribution is 2.30. The van der Waals surface area contributed by atoms with Crippen LogP contribution in [0.15, 0.2) is 5.10 Å². The molecule has 0 saturated heterocycles. The first-order valence-corrected chi connectivity index (χ1v) is 3.73. The molecule has 0 aromatic rings. The lowest BCUT2D eigenvalue weighted by Gasteiger charge is -2.19. The first kappa shape index (κ1) is 5.27. The van der Waals surface area contributed by atoms with Gasteiger partial charge in [0.2, 0.25) is 0 Å². The van der Waals surface area contributed by atoms with Gasteiger partial charge in [-0.15, -0.1) is 0 Å². The first-order chi connectivity index (χ1) is 4.47. The van der Waals surface area contributed by atoms with Crippen LogP contribution in [0.25, 0.3) is 0 Å². The van der Waals surface area contributed by atoms with E-state index < -0.39 is 0 Å². The molecule has 0 aromatic heterocycles. The lowest BCUT2D eigenvalue weighted by Crippen LogP contribution is -2.27. The van der Waals surface area contributed by atoms with Crippen molar-refractivity contribution in [1.29, 1.82) is 0 Å². The summed E-state index contributed by atoms with van der Waals surface area (Å²) in [5.74, 6) is 1.72. The highest BCUT2D eigenvalue weighted by atomic mass is 15.3. The molecule has 2 atom stereocenters. The highest BCUT2D eigenvalue weighted by molar-refractivity contribution is 5.62. The molecule has 0 aromatic carbocycles. The minimum atomic E-state index is 0.811. The Morgan fingerprint density at radius 3 is 3.33 bits per heavy atom. The van der Waals surface area contributed by atoms with Crippen molar-refractivity contribution in [2.45, 2.75) is 19.3 Å². The molecule has 2 rings (SSSR count). The first-order valence-electron chi connectivity index (χ1n) is 3.73. The van der Waals surface area contributed by atoms with Crippen molar-refractivity contribution in [1.82, 2.24) is 5.43 Å². The van der Waals surface area contributed by atoms with E-state index in [1.807, 2.05) is 0 Å². The average molecular weight is 124 g/mol. The van der Waals surface area contributed by atoms with E-state index >= 15 is 0 Å². The second-order valence-corrected chi connectivity index (χ2v) is 3.00. The number of nitrogens with one attached hydrogen (secondary N) is 1. The highest BCUT2D eigenvalue weighted by Gasteiger charge is 2.27. The number of hydrazone groups is 1. The Balaban J connectivity index is 2.10. The fourth-order valence-electron chi connectivity index (χ4n) is 1.83. The monoisotopic (exact) mass is 124 g/mol. The van der Waals surface area contributed by atoms with Crippen LogP contribution in [0, 0.1) is 11.8 Å². The van der Waals surface area contributed by atoms with Crippen LogP contribution in [0.2, 0.25) is 0 Å². The molecule has 1 heterocycles. The van der Waals surface area contributed by atoms with E-state index in [0.717, 1.165) is 18.4 Å². The molecule has 2 unspecified atom stereocenters. The van der Waals surface area contributed by atoms with Crippen molar-refractivity contribution in [2.24, 2.45) is 16.9 Å². The van der Waals surface area contributed by atoms with Gasteiger partial charge in [0, 0.05) is 18.7 Å². The van der Waals surface area contributed by atoms with Gasteiger partial charge in [-0.05, 0) is 18.8 Å². The maximum absolute atomic E-state index is 4.04. The fraction of sp³-hybridized carbons (Fsp3) is 0.857. The van der Waals surface area contributed by atoms with Gasteiger partial charge in [0.1, 0.15) is 0 Å². The SMILES string of the molecule is C1=NNCC2CCCC12. The molecule has 2 heteroatoms. The zero-order chi connectivity index (χ0) is 6.10. The summed E-state index contributed by atoms with van der Waals surface area (Å²) in [4.78, 5) is 0. The average Bonchev–Trinajstić information content (AvgIpc) is 2.33. The predicted molar refractivity (Wildman–Crippen MR) is 37.3 cm³/mol. The second-order valence-electron chi connectivity index (χ2n) is 3.00. The van der Waals surface area contributed by atoms with Gasteiger partial charge in [0.25, 0.3) is 0 Å². The van der Waals surface area contributed by atoms with Crippen molar-refractivity contribution >= 4 is 6.21 Å². The smallest absolute Gasteiger partial charge is 0.0364 e. The molecule has 9 heavy (non-hydrogen) atoms. The molecule has 1 fully saturated rings. The summed E-state index contributed by atoms with van der Waals surface area (Å²) in [6.07, 6.45) is 6.27. The van der Waals surface area contributed by atoms with Crippen LogP contribution in [0.4, 0.5) is 0 Å². The zero-order valence-corrected chi connectivity index (χ0v) is 5.51. The lowest BCUT2D eigenvalue weighted by molar-refractivity contribution is 0.429. The minimum Gasteiger partial charge on any atom is -0.310 e. The molecule has 2 aliphatic rings. The second kappa shape index (κ2) is 2.01. The van der Waals surface area contributed by atoms with Gasteiger partial charge in [-0.2, -0.15) is 5.10 Å². The van der Waals surface area contributed by atoms with Crippen LogP contribution >= 0.6 is 0 Å². The molecule has 1 aliphatic heterocycles. The third kappa shape index (κ3) is 0.824. The van der Waals surface area contributed by atoms with E-state index in [1.54, 1.807) is 0 Å². The molecule has 0 amide bonds. The van der Waals surface area contributed by atoms with Crippen molar-refractivity contribution < 1.29 is 0 Å². The Hall–Kier alpha value is -0.530. The van der Waals surface area contributed by atoms with Crippen LogP contribution in [-0.4, -0.2) is 12.8 Å². The van der Waals surface area contributed by atoms with E-state index in [1.165, 1.54) is 19.3 Å². The predicted octanol–water partition coefficient (Wildman–Crippen LogP) is 0.992. The molecule has 1 saturated carbocycles. The van der Waals surface area contributed by atoms with Crippen molar-refractivity contribution in [3.63, 3.8) is 0 Å². The molecule has 1 N–H and O–H groups in total. The molecule has 2 nitrogen and oxygen atoms in total. The molecule has 0 radical (unpaired) electrons. The normalized spacial score (nSPS) is 40.0. The van der Waals surface area contributed by atoms with Gasteiger partial charge in [-0.3, -0.25) is 0 Å². The minimum absolute atomic E-state index is 0.811. The molecule has 50 valence electrons. The van der Waals surface area contributed by atoms with E-state index in [4.69, 9.17) is 0 Å². The largest absolute Gasteiger partial charge is 0.310 e. The lowest BCUT2D eigenvalue weighted by atomic mass is 9.97. The number of fused-ring (bicyclic) bond motifs is 1. The third-order valence-corrected chi connectivity index (χ3v) is 2.43. The van der Waals surface area contributed by atoms with E-state index in [2.05, 4.69) is 16.7 Å².